The van der Waals surface area contributed by atoms with Crippen LogP contribution >= 0.6 is 0 Å². The molecule has 1 saturated carbocycles. The molecule has 21 heavy (non-hydrogen) atoms. The average Bonchev–Trinajstić information content (AvgIpc) is 2.45. The maximum absolute atomic E-state index is 10.9. The van der Waals surface area contributed by atoms with Crippen molar-refractivity contribution in [2.45, 2.75) is 38.3 Å². The van der Waals surface area contributed by atoms with E-state index in [-0.39, 0.29) is 0 Å². The largest absolute Gasteiger partial charge is 0.478 e. The lowest BCUT2D eigenvalue weighted by atomic mass is 9.80. The average molecular weight is 289 g/mol. The third-order valence-corrected chi connectivity index (χ3v) is 4.77. The molecule has 0 bridgehead atoms. The molecule has 3 rings (SSSR count). The predicted octanol–water partition coefficient (Wildman–Crippen LogP) is 2.78. The zero-order valence-electron chi connectivity index (χ0n) is 12.3. The fraction of sp³-hybridized carbons (Fsp3) is 0.588. The van der Waals surface area contributed by atoms with E-state index in [0.29, 0.717) is 11.6 Å². The lowest BCUT2D eigenvalue weighted by Gasteiger charge is -2.39. The second-order valence-corrected chi connectivity index (χ2v) is 6.23. The summed E-state index contributed by atoms with van der Waals surface area (Å²) in [4.78, 5) is 13.4. The van der Waals surface area contributed by atoms with Gasteiger partial charge in [0.05, 0.1) is 18.8 Å². The van der Waals surface area contributed by atoms with Crippen LogP contribution in [-0.2, 0) is 11.3 Å². The van der Waals surface area contributed by atoms with E-state index in [1.165, 1.54) is 31.2 Å². The van der Waals surface area contributed by atoms with Crippen molar-refractivity contribution < 1.29 is 14.6 Å². The van der Waals surface area contributed by atoms with Gasteiger partial charge in [-0.3, -0.25) is 4.90 Å². The minimum Gasteiger partial charge on any atom is -0.478 e. The molecule has 0 radical (unpaired) electrons. The van der Waals surface area contributed by atoms with Crippen molar-refractivity contribution >= 4 is 5.97 Å². The Morgan fingerprint density at radius 3 is 2.67 bits per heavy atom. The number of hydrogen-bond acceptors (Lipinski definition) is 3. The Bertz CT molecular complexity index is 481. The van der Waals surface area contributed by atoms with Crippen LogP contribution in [0, 0.1) is 5.92 Å². The molecule has 114 valence electrons. The molecule has 0 spiro atoms. The SMILES string of the molecule is O=C(O)c1ccc(CN2CCOCC2CC2CCC2)cc1. The molecular formula is C17H23NO3. The van der Waals surface area contributed by atoms with Crippen LogP contribution in [0.2, 0.25) is 0 Å². The van der Waals surface area contributed by atoms with Gasteiger partial charge < -0.3 is 9.84 Å². The summed E-state index contributed by atoms with van der Waals surface area (Å²) < 4.78 is 5.65. The minimum atomic E-state index is -0.865. The molecule has 2 fully saturated rings. The van der Waals surface area contributed by atoms with E-state index in [9.17, 15) is 4.79 Å². The lowest BCUT2D eigenvalue weighted by Crippen LogP contribution is -2.46. The van der Waals surface area contributed by atoms with E-state index >= 15 is 0 Å². The van der Waals surface area contributed by atoms with Gasteiger partial charge in [-0.15, -0.1) is 0 Å². The Hall–Kier alpha value is -1.39. The monoisotopic (exact) mass is 289 g/mol. The van der Waals surface area contributed by atoms with Crippen LogP contribution in [0.25, 0.3) is 0 Å². The van der Waals surface area contributed by atoms with E-state index in [1.54, 1.807) is 12.1 Å². The molecule has 1 heterocycles. The first-order chi connectivity index (χ1) is 10.2. The molecule has 1 N–H and O–H groups in total. The third kappa shape index (κ3) is 3.63. The minimum absolute atomic E-state index is 0.353. The van der Waals surface area contributed by atoms with Gasteiger partial charge in [0.25, 0.3) is 0 Å². The quantitative estimate of drug-likeness (QED) is 0.905. The highest BCUT2D eigenvalue weighted by Crippen LogP contribution is 2.32. The van der Waals surface area contributed by atoms with Gasteiger partial charge >= 0.3 is 5.97 Å². The molecule has 1 aliphatic heterocycles. The smallest absolute Gasteiger partial charge is 0.335 e. The first-order valence-corrected chi connectivity index (χ1v) is 7.86. The zero-order valence-corrected chi connectivity index (χ0v) is 12.3. The second kappa shape index (κ2) is 6.58. The van der Waals surface area contributed by atoms with E-state index < -0.39 is 5.97 Å². The standard InChI is InChI=1S/C17H23NO3/c19-17(20)15-6-4-14(5-7-15)11-18-8-9-21-12-16(18)10-13-2-1-3-13/h4-7,13,16H,1-3,8-12H2,(H,19,20). The fourth-order valence-corrected chi connectivity index (χ4v) is 3.21. The van der Waals surface area contributed by atoms with Crippen molar-refractivity contribution in [2.75, 3.05) is 19.8 Å². The summed E-state index contributed by atoms with van der Waals surface area (Å²) >= 11 is 0. The van der Waals surface area contributed by atoms with Crippen molar-refractivity contribution in [1.29, 1.82) is 0 Å². The molecule has 4 nitrogen and oxygen atoms in total. The Balaban J connectivity index is 1.61. The van der Waals surface area contributed by atoms with Gasteiger partial charge in [-0.1, -0.05) is 31.4 Å². The molecule has 4 heteroatoms. The van der Waals surface area contributed by atoms with E-state index in [4.69, 9.17) is 9.84 Å². The molecule has 1 aromatic carbocycles. The van der Waals surface area contributed by atoms with Gasteiger partial charge in [0, 0.05) is 19.1 Å². The number of carbonyl (C=O) groups is 1. The van der Waals surface area contributed by atoms with E-state index in [1.807, 2.05) is 12.1 Å². The second-order valence-electron chi connectivity index (χ2n) is 6.23. The Morgan fingerprint density at radius 2 is 2.05 bits per heavy atom. The van der Waals surface area contributed by atoms with E-state index in [2.05, 4.69) is 4.90 Å². The molecular weight excluding hydrogens is 266 g/mol. The Labute approximate surface area is 125 Å². The van der Waals surface area contributed by atoms with E-state index in [0.717, 1.165) is 32.2 Å². The van der Waals surface area contributed by atoms with Crippen molar-refractivity contribution in [2.24, 2.45) is 5.92 Å². The van der Waals surface area contributed by atoms with Crippen molar-refractivity contribution in [1.82, 2.24) is 4.90 Å². The Morgan fingerprint density at radius 1 is 1.29 bits per heavy atom. The van der Waals surface area contributed by atoms with Crippen molar-refractivity contribution in [3.8, 4) is 0 Å². The first kappa shape index (κ1) is 14.5. The van der Waals surface area contributed by atoms with Crippen LogP contribution in [0.1, 0.15) is 41.6 Å². The number of hydrogen-bond donors (Lipinski definition) is 1. The predicted molar refractivity (Wildman–Crippen MR) is 80.4 cm³/mol. The van der Waals surface area contributed by atoms with Crippen molar-refractivity contribution in [3.05, 3.63) is 35.4 Å². The fourth-order valence-electron chi connectivity index (χ4n) is 3.21. The summed E-state index contributed by atoms with van der Waals surface area (Å²) in [6.45, 7) is 3.50. The summed E-state index contributed by atoms with van der Waals surface area (Å²) in [7, 11) is 0. The summed E-state index contributed by atoms with van der Waals surface area (Å²) in [6.07, 6.45) is 5.37. The Kier molecular flexibility index (Phi) is 4.56. The number of morpholine rings is 1. The molecule has 1 saturated heterocycles. The molecule has 1 aliphatic carbocycles. The number of carboxylic acid groups (broad SMARTS) is 1. The van der Waals surface area contributed by atoms with Crippen molar-refractivity contribution in [3.63, 3.8) is 0 Å². The molecule has 1 unspecified atom stereocenters. The van der Waals surface area contributed by atoms with Crippen LogP contribution in [0.4, 0.5) is 0 Å². The summed E-state index contributed by atoms with van der Waals surface area (Å²) in [5.74, 6) is 0.0179. The van der Waals surface area contributed by atoms with Gasteiger partial charge in [-0.2, -0.15) is 0 Å². The maximum Gasteiger partial charge on any atom is 0.335 e. The van der Waals surface area contributed by atoms with Crippen LogP contribution in [0.3, 0.4) is 0 Å². The molecule has 2 aliphatic rings. The molecule has 1 aromatic rings. The summed E-state index contributed by atoms with van der Waals surface area (Å²) in [5.41, 5.74) is 1.53. The number of ether oxygens (including phenoxy) is 1. The van der Waals surface area contributed by atoms with Crippen LogP contribution in [0.15, 0.2) is 24.3 Å². The highest BCUT2D eigenvalue weighted by Gasteiger charge is 2.28. The lowest BCUT2D eigenvalue weighted by molar-refractivity contribution is -0.0244. The normalized spacial score (nSPS) is 23.7. The highest BCUT2D eigenvalue weighted by molar-refractivity contribution is 5.87. The molecule has 0 aromatic heterocycles. The number of nitrogens with zero attached hydrogens (tertiary/aromatic N) is 1. The van der Waals surface area contributed by atoms with Crippen LogP contribution in [0.5, 0.6) is 0 Å². The highest BCUT2D eigenvalue weighted by atomic mass is 16.5. The van der Waals surface area contributed by atoms with Gasteiger partial charge in [0.1, 0.15) is 0 Å². The zero-order chi connectivity index (χ0) is 14.7. The number of benzene rings is 1. The number of carboxylic acids is 1. The summed E-state index contributed by atoms with van der Waals surface area (Å²) in [6, 6.07) is 7.76. The van der Waals surface area contributed by atoms with Gasteiger partial charge in [-0.05, 0) is 30.0 Å². The molecule has 0 amide bonds. The number of rotatable bonds is 5. The van der Waals surface area contributed by atoms with Gasteiger partial charge in [0.2, 0.25) is 0 Å². The third-order valence-electron chi connectivity index (χ3n) is 4.77. The van der Waals surface area contributed by atoms with Gasteiger partial charge in [0.15, 0.2) is 0 Å². The number of aromatic carboxylic acids is 1. The van der Waals surface area contributed by atoms with Crippen LogP contribution in [-0.4, -0.2) is 41.8 Å². The van der Waals surface area contributed by atoms with Gasteiger partial charge in [-0.25, -0.2) is 4.79 Å². The topological polar surface area (TPSA) is 49.8 Å². The first-order valence-electron chi connectivity index (χ1n) is 7.86. The maximum atomic E-state index is 10.9. The van der Waals surface area contributed by atoms with Crippen LogP contribution < -0.4 is 0 Å². The summed E-state index contributed by atoms with van der Waals surface area (Å²) in [5, 5.41) is 8.94. The molecule has 1 atom stereocenters.